The molecule has 0 aliphatic heterocycles. The molecule has 21 heteroatoms. The van der Waals surface area contributed by atoms with Gasteiger partial charge in [-0.15, -0.1) is 27.8 Å². The number of methoxy groups -OCH3 is 2. The Kier molecular flexibility index (Phi) is 15.0. The lowest BCUT2D eigenvalue weighted by atomic mass is 10.1. The number of nitrogens with zero attached hydrogens (tertiary/aromatic N) is 9. The summed E-state index contributed by atoms with van der Waals surface area (Å²) in [7, 11) is 2.68. The van der Waals surface area contributed by atoms with Gasteiger partial charge in [0.1, 0.15) is 9.40 Å². The highest BCUT2D eigenvalue weighted by Crippen LogP contribution is 2.40. The quantitative estimate of drug-likeness (QED) is 0.0842. The summed E-state index contributed by atoms with van der Waals surface area (Å²) in [5, 5.41) is 26.2. The van der Waals surface area contributed by atoms with Gasteiger partial charge in [0.2, 0.25) is 0 Å². The zero-order valence-electron chi connectivity index (χ0n) is 36.0. The first-order chi connectivity index (χ1) is 31.5. The highest BCUT2D eigenvalue weighted by molar-refractivity contribution is 7.22. The van der Waals surface area contributed by atoms with E-state index in [1.54, 1.807) is 32.0 Å². The van der Waals surface area contributed by atoms with E-state index < -0.39 is 34.1 Å². The molecule has 0 saturated carbocycles. The predicted molar refractivity (Wildman–Crippen MR) is 255 cm³/mol. The molecule has 0 aliphatic rings. The lowest BCUT2D eigenvalue weighted by Gasteiger charge is -2.15. The fraction of sp³-hybridized carbons (Fsp3) is 0.222. The van der Waals surface area contributed by atoms with Gasteiger partial charge in [0, 0.05) is 34.0 Å². The smallest absolute Gasteiger partial charge is 0.337 e. The number of fused-ring (bicyclic) bond motifs is 2. The van der Waals surface area contributed by atoms with Gasteiger partial charge in [0.25, 0.3) is 11.1 Å². The Morgan fingerprint density at radius 3 is 1.76 bits per heavy atom. The molecule has 0 fully saturated rings. The van der Waals surface area contributed by atoms with Crippen LogP contribution in [0.4, 0.5) is 8.78 Å². The van der Waals surface area contributed by atoms with Crippen LogP contribution in [0.15, 0.2) is 90.2 Å². The number of benzene rings is 2. The second-order valence-electron chi connectivity index (χ2n) is 14.5. The van der Waals surface area contributed by atoms with Gasteiger partial charge in [0.05, 0.1) is 78.4 Å². The Labute approximate surface area is 392 Å². The molecule has 66 heavy (non-hydrogen) atoms. The van der Waals surface area contributed by atoms with E-state index in [1.165, 1.54) is 47.9 Å². The molecule has 0 amide bonds. The maximum atomic E-state index is 14.1. The molecule has 7 rings (SSSR count). The van der Waals surface area contributed by atoms with Gasteiger partial charge in [-0.05, 0) is 88.0 Å². The molecule has 15 nitrogen and oxygen atoms in total. The van der Waals surface area contributed by atoms with Crippen molar-refractivity contribution in [3.05, 3.63) is 135 Å². The van der Waals surface area contributed by atoms with Crippen LogP contribution in [-0.4, -0.2) is 49.4 Å². The Morgan fingerprint density at radius 2 is 1.30 bits per heavy atom. The number of nitriles is 2. The monoisotopic (exact) mass is 971 g/mol. The highest BCUT2D eigenvalue weighted by atomic mass is 35.5. The third-order valence-corrected chi connectivity index (χ3v) is 13.1. The lowest BCUT2D eigenvalue weighted by Crippen LogP contribution is -2.39. The number of aromatic nitrogens is 6. The Hall–Kier alpha value is -7.03. The topological polar surface area (TPSA) is 192 Å². The lowest BCUT2D eigenvalue weighted by molar-refractivity contribution is 0.387. The first-order valence-electron chi connectivity index (χ1n) is 19.5. The fourth-order valence-corrected chi connectivity index (χ4v) is 9.56. The van der Waals surface area contributed by atoms with Crippen molar-refractivity contribution in [1.29, 1.82) is 10.5 Å². The van der Waals surface area contributed by atoms with Crippen LogP contribution in [0.25, 0.3) is 52.8 Å². The van der Waals surface area contributed by atoms with Gasteiger partial charge in [-0.2, -0.15) is 15.6 Å². The first-order valence-corrected chi connectivity index (χ1v) is 21.9. The van der Waals surface area contributed by atoms with Crippen LogP contribution in [0.1, 0.15) is 39.2 Å². The van der Waals surface area contributed by atoms with E-state index in [1.807, 2.05) is 26.0 Å². The van der Waals surface area contributed by atoms with Crippen LogP contribution in [0.2, 0.25) is 10.0 Å². The summed E-state index contributed by atoms with van der Waals surface area (Å²) in [6.07, 6.45) is 2.99. The van der Waals surface area contributed by atoms with Gasteiger partial charge in [0.15, 0.2) is 29.0 Å². The minimum Gasteiger partial charge on any atom is -0.494 e. The normalized spacial score (nSPS) is 11.2. The number of thiophene rings is 2. The van der Waals surface area contributed by atoms with Crippen molar-refractivity contribution in [1.82, 2.24) is 28.5 Å². The average Bonchev–Trinajstić information content (AvgIpc) is 3.93. The van der Waals surface area contributed by atoms with Crippen LogP contribution in [-0.2, 0) is 13.1 Å². The second kappa shape index (κ2) is 20.4. The van der Waals surface area contributed by atoms with Gasteiger partial charge < -0.3 is 9.47 Å². The van der Waals surface area contributed by atoms with Gasteiger partial charge in [-0.25, -0.2) is 27.5 Å². The van der Waals surface area contributed by atoms with Crippen molar-refractivity contribution in [2.24, 2.45) is 4.99 Å². The van der Waals surface area contributed by atoms with Gasteiger partial charge in [-0.1, -0.05) is 28.8 Å². The zero-order valence-corrected chi connectivity index (χ0v) is 39.2. The number of aryl methyl sites for hydroxylation is 3. The van der Waals surface area contributed by atoms with Crippen molar-refractivity contribution >= 4 is 78.7 Å². The largest absolute Gasteiger partial charge is 0.494 e. The minimum absolute atomic E-state index is 0.00222. The zero-order chi connectivity index (χ0) is 48.1. The van der Waals surface area contributed by atoms with Crippen molar-refractivity contribution in [2.45, 2.75) is 53.6 Å². The van der Waals surface area contributed by atoms with E-state index in [-0.39, 0.29) is 62.7 Å². The number of allylic oxidation sites excluding steroid dienone is 3. The molecular weight excluding hydrogens is 936 g/mol. The molecule has 0 atom stereocenters. The summed E-state index contributed by atoms with van der Waals surface area (Å²) in [4.78, 5) is 58.5. The van der Waals surface area contributed by atoms with Crippen LogP contribution < -0.4 is 32.0 Å². The van der Waals surface area contributed by atoms with Crippen LogP contribution in [0.3, 0.4) is 0 Å². The maximum Gasteiger partial charge on any atom is 0.337 e. The minimum atomic E-state index is -0.634. The summed E-state index contributed by atoms with van der Waals surface area (Å²) in [5.41, 5.74) is 1.89. The number of hydrogen-bond acceptors (Lipinski definition) is 13. The summed E-state index contributed by atoms with van der Waals surface area (Å²) < 4.78 is 43.4. The second-order valence-corrected chi connectivity index (χ2v) is 17.4. The van der Waals surface area contributed by atoms with Crippen molar-refractivity contribution in [3.8, 4) is 50.3 Å². The molecule has 0 bridgehead atoms. The highest BCUT2D eigenvalue weighted by Gasteiger charge is 2.23. The summed E-state index contributed by atoms with van der Waals surface area (Å²) in [6.45, 7) is 10.9. The molecule has 0 aliphatic carbocycles. The van der Waals surface area contributed by atoms with Gasteiger partial charge >= 0.3 is 11.4 Å². The molecule has 0 N–H and O–H groups in total. The van der Waals surface area contributed by atoms with Gasteiger partial charge in [-0.3, -0.25) is 23.7 Å². The molecule has 0 spiro atoms. The first kappa shape index (κ1) is 48.4. The predicted octanol–water partition coefficient (Wildman–Crippen LogP) is 9.16. The SMILES string of the molecule is C=N/C=C(\C(C)=C(C)C)n1c(=O)c2sc(-c3cc(OC)c(F)cc3Cl)cc2n(CCC#N)c1=O.COc1cc(-c2cc3c(s2)c(=O)n(-c2cc(C)cnn2)c(=O)n3CCC#N)c(Cl)cc1F. The van der Waals surface area contributed by atoms with E-state index in [0.29, 0.717) is 43.2 Å². The Morgan fingerprint density at radius 1 is 0.803 bits per heavy atom. The third kappa shape index (κ3) is 9.38. The summed E-state index contributed by atoms with van der Waals surface area (Å²) >= 11 is 14.8. The Bertz CT molecular complexity index is 3500. The van der Waals surface area contributed by atoms with E-state index in [9.17, 15) is 28.0 Å². The Balaban J connectivity index is 0.000000219. The van der Waals surface area contributed by atoms with Crippen LogP contribution in [0.5, 0.6) is 11.5 Å². The van der Waals surface area contributed by atoms with Crippen molar-refractivity contribution in [3.63, 3.8) is 0 Å². The number of aliphatic imine (C=N–C) groups is 1. The fourth-order valence-electron chi connectivity index (χ4n) is 6.70. The maximum absolute atomic E-state index is 14.1. The number of halogens is 4. The number of rotatable bonds is 12. The molecule has 338 valence electrons. The molecule has 0 unspecified atom stereocenters. The van der Waals surface area contributed by atoms with Crippen LogP contribution >= 0.6 is 45.9 Å². The molecule has 5 heterocycles. The van der Waals surface area contributed by atoms with E-state index in [4.69, 9.17) is 43.2 Å². The molecule has 0 radical (unpaired) electrons. The standard InChI is InChI=1S/C24H22ClFN4O3S.C21H15ClFN5O3S/c1-13(2)14(3)19(12-28-4)30-23(31)22-18(29(24(30)32)8-6-7-27)11-21(34-22)15-9-20(33-5)17(26)10-16(15)25;1-11-6-18(26-25-10-11)28-20(29)19-15(27(21(28)30)5-3-4-24)9-17(32-19)12-7-16(31-2)14(23)8-13(12)22/h9-12H,4,6,8H2,1-3,5H3;6-10H,3,5H2,1-2H3/b19-12+;. The number of ether oxygens (including phenoxy) is 2. The molecular formula is C45H37Cl2F2N9O6S2. The van der Waals surface area contributed by atoms with E-state index in [0.717, 1.165) is 55.1 Å². The average molecular weight is 973 g/mol. The summed E-state index contributed by atoms with van der Waals surface area (Å²) in [5.74, 6) is -1.15. The summed E-state index contributed by atoms with van der Waals surface area (Å²) in [6, 6.07) is 14.0. The molecule has 5 aromatic heterocycles. The number of hydrogen-bond donors (Lipinski definition) is 0. The molecule has 7 aromatic rings. The van der Waals surface area contributed by atoms with E-state index >= 15 is 0 Å². The third-order valence-electron chi connectivity index (χ3n) is 10.2. The van der Waals surface area contributed by atoms with E-state index in [2.05, 4.69) is 21.9 Å². The van der Waals surface area contributed by atoms with Crippen molar-refractivity contribution < 1.29 is 18.3 Å². The van der Waals surface area contributed by atoms with Crippen molar-refractivity contribution in [2.75, 3.05) is 14.2 Å². The molecule has 2 aromatic carbocycles. The molecule has 0 saturated heterocycles. The van der Waals surface area contributed by atoms with Crippen LogP contribution in [0, 0.1) is 41.2 Å².